The lowest BCUT2D eigenvalue weighted by atomic mass is 9.69. The summed E-state index contributed by atoms with van der Waals surface area (Å²) >= 11 is 0. The van der Waals surface area contributed by atoms with Crippen molar-refractivity contribution in [3.8, 4) is 11.5 Å². The average Bonchev–Trinajstić information content (AvgIpc) is 3.20. The van der Waals surface area contributed by atoms with Crippen LogP contribution in [0, 0.1) is 6.92 Å². The summed E-state index contributed by atoms with van der Waals surface area (Å²) in [6, 6.07) is 9.85. The fraction of sp³-hybridized carbons (Fsp3) is 0.552. The van der Waals surface area contributed by atoms with Gasteiger partial charge in [0, 0.05) is 35.9 Å². The van der Waals surface area contributed by atoms with E-state index in [0.29, 0.717) is 30.6 Å². The Morgan fingerprint density at radius 1 is 1.11 bits per heavy atom. The first kappa shape index (κ1) is 25.5. The van der Waals surface area contributed by atoms with Crippen molar-refractivity contribution in [2.75, 3.05) is 25.1 Å². The van der Waals surface area contributed by atoms with Crippen LogP contribution in [0.25, 0.3) is 0 Å². The second kappa shape index (κ2) is 10.2. The maximum Gasteiger partial charge on any atom is 0.238 e. The van der Waals surface area contributed by atoms with Gasteiger partial charge < -0.3 is 15.5 Å². The summed E-state index contributed by atoms with van der Waals surface area (Å²) < 4.78 is 0. The first-order valence-electron chi connectivity index (χ1n) is 13.0. The molecular formula is C29H41N3O3. The fourth-order valence-electron chi connectivity index (χ4n) is 6.05. The van der Waals surface area contributed by atoms with Crippen LogP contribution in [0.15, 0.2) is 30.3 Å². The number of carbonyl (C=O) groups is 1. The Morgan fingerprint density at radius 2 is 1.80 bits per heavy atom. The first-order valence-corrected chi connectivity index (χ1v) is 13.0. The van der Waals surface area contributed by atoms with E-state index in [9.17, 15) is 15.0 Å². The molecule has 1 saturated heterocycles. The van der Waals surface area contributed by atoms with Crippen LogP contribution in [0.5, 0.6) is 11.5 Å². The van der Waals surface area contributed by atoms with Crippen molar-refractivity contribution in [2.24, 2.45) is 0 Å². The number of nitrogens with one attached hydrogen (secondary N) is 2. The quantitative estimate of drug-likeness (QED) is 0.436. The van der Waals surface area contributed by atoms with Gasteiger partial charge in [0.1, 0.15) is 11.5 Å². The number of carbonyl (C=O) groups excluding carboxylic acids is 1. The molecule has 1 saturated carbocycles. The number of amides is 1. The van der Waals surface area contributed by atoms with Gasteiger partial charge in [0.2, 0.25) is 5.91 Å². The van der Waals surface area contributed by atoms with Crippen molar-refractivity contribution >= 4 is 11.6 Å². The molecule has 2 aromatic rings. The number of hydrogen-bond donors (Lipinski definition) is 4. The van der Waals surface area contributed by atoms with E-state index in [2.05, 4.69) is 61.4 Å². The predicted molar refractivity (Wildman–Crippen MR) is 141 cm³/mol. The van der Waals surface area contributed by atoms with E-state index >= 15 is 0 Å². The number of nitrogens with zero attached hydrogens (tertiary/aromatic N) is 1. The third-order valence-electron chi connectivity index (χ3n) is 8.01. The second-order valence-corrected chi connectivity index (χ2v) is 11.1. The SMILES string of the molecule is Cc1c(O)ccc(C2CCCCC23CN(CC(=O)Nc2c(C(C)C)cccc2C(C)C)CN3)c1O. The maximum atomic E-state index is 13.2. The average molecular weight is 480 g/mol. The van der Waals surface area contributed by atoms with E-state index in [0.717, 1.165) is 43.5 Å². The highest BCUT2D eigenvalue weighted by atomic mass is 16.3. The molecule has 6 heteroatoms. The standard InChI is InChI=1S/C29H41N3O3/c1-18(2)21-9-8-10-22(19(3)4)27(21)31-26(34)15-32-16-29(30-17-32)14-7-6-11-24(29)23-12-13-25(33)20(5)28(23)35/h8-10,12-13,18-19,24,30,33,35H,6-7,11,14-17H2,1-5H3,(H,31,34). The lowest BCUT2D eigenvalue weighted by Crippen LogP contribution is -2.50. The summed E-state index contributed by atoms with van der Waals surface area (Å²) in [6.07, 6.45) is 4.21. The van der Waals surface area contributed by atoms with Crippen molar-refractivity contribution < 1.29 is 15.0 Å². The number of hydrogen-bond acceptors (Lipinski definition) is 5. The largest absolute Gasteiger partial charge is 0.508 e. The van der Waals surface area contributed by atoms with Crippen molar-refractivity contribution in [1.82, 2.24) is 10.2 Å². The van der Waals surface area contributed by atoms with Crippen LogP contribution in [0.3, 0.4) is 0 Å². The number of phenols is 2. The topological polar surface area (TPSA) is 84.8 Å². The lowest BCUT2D eigenvalue weighted by molar-refractivity contribution is -0.117. The van der Waals surface area contributed by atoms with Gasteiger partial charge in [-0.3, -0.25) is 15.0 Å². The zero-order valence-corrected chi connectivity index (χ0v) is 21.8. The van der Waals surface area contributed by atoms with Crippen molar-refractivity contribution in [3.63, 3.8) is 0 Å². The van der Waals surface area contributed by atoms with Crippen LogP contribution < -0.4 is 10.6 Å². The minimum atomic E-state index is -0.182. The highest BCUT2D eigenvalue weighted by molar-refractivity contribution is 5.94. The molecule has 2 unspecified atom stereocenters. The van der Waals surface area contributed by atoms with Crippen LogP contribution >= 0.6 is 0 Å². The molecule has 2 atom stereocenters. The van der Waals surface area contributed by atoms with Gasteiger partial charge in [-0.05, 0) is 54.4 Å². The number of rotatable bonds is 6. The molecule has 1 aliphatic carbocycles. The van der Waals surface area contributed by atoms with Crippen LogP contribution in [0.1, 0.15) is 93.4 Å². The van der Waals surface area contributed by atoms with Crippen LogP contribution in [0.4, 0.5) is 5.69 Å². The molecule has 4 rings (SSSR count). The predicted octanol–water partition coefficient (Wildman–Crippen LogP) is 5.55. The highest BCUT2D eigenvalue weighted by Crippen LogP contribution is 2.47. The summed E-state index contributed by atoms with van der Waals surface area (Å²) in [5.74, 6) is 1.11. The van der Waals surface area contributed by atoms with Gasteiger partial charge in [-0.2, -0.15) is 0 Å². The Hall–Kier alpha value is -2.57. The molecule has 1 aliphatic heterocycles. The maximum absolute atomic E-state index is 13.2. The fourth-order valence-corrected chi connectivity index (χ4v) is 6.05. The summed E-state index contributed by atoms with van der Waals surface area (Å²) in [4.78, 5) is 15.4. The summed E-state index contributed by atoms with van der Waals surface area (Å²) in [7, 11) is 0. The van der Waals surface area contributed by atoms with Gasteiger partial charge in [-0.25, -0.2) is 0 Å². The summed E-state index contributed by atoms with van der Waals surface area (Å²) in [6.45, 7) is 12.1. The molecule has 35 heavy (non-hydrogen) atoms. The number of para-hydroxylation sites is 1. The van der Waals surface area contributed by atoms with Gasteiger partial charge in [0.25, 0.3) is 0 Å². The van der Waals surface area contributed by atoms with Crippen LogP contribution in [0.2, 0.25) is 0 Å². The Labute approximate surface area is 209 Å². The monoisotopic (exact) mass is 479 g/mol. The van der Waals surface area contributed by atoms with Crippen LogP contribution in [-0.2, 0) is 4.79 Å². The minimum absolute atomic E-state index is 0.00883. The molecule has 2 aliphatic rings. The van der Waals surface area contributed by atoms with E-state index in [1.165, 1.54) is 11.1 Å². The molecule has 0 bridgehead atoms. The lowest BCUT2D eigenvalue weighted by Gasteiger charge is -2.42. The van der Waals surface area contributed by atoms with Gasteiger partial charge in [-0.1, -0.05) is 64.8 Å². The minimum Gasteiger partial charge on any atom is -0.508 e. The van der Waals surface area contributed by atoms with Gasteiger partial charge >= 0.3 is 0 Å². The Balaban J connectivity index is 1.51. The van der Waals surface area contributed by atoms with Crippen molar-refractivity contribution in [3.05, 3.63) is 52.6 Å². The number of anilines is 1. The second-order valence-electron chi connectivity index (χ2n) is 11.1. The van der Waals surface area contributed by atoms with Crippen LogP contribution in [-0.4, -0.2) is 46.3 Å². The molecule has 1 heterocycles. The molecule has 2 aromatic carbocycles. The first-order chi connectivity index (χ1) is 16.6. The zero-order chi connectivity index (χ0) is 25.3. The molecule has 1 spiro atoms. The van der Waals surface area contributed by atoms with E-state index in [1.807, 2.05) is 6.07 Å². The third-order valence-corrected chi connectivity index (χ3v) is 8.01. The van der Waals surface area contributed by atoms with Gasteiger partial charge in [-0.15, -0.1) is 0 Å². The zero-order valence-electron chi connectivity index (χ0n) is 21.8. The summed E-state index contributed by atoms with van der Waals surface area (Å²) in [5, 5.41) is 27.8. The normalized spacial score (nSPS) is 22.9. The smallest absolute Gasteiger partial charge is 0.238 e. The number of benzene rings is 2. The van der Waals surface area contributed by atoms with Crippen molar-refractivity contribution in [2.45, 2.75) is 83.6 Å². The van der Waals surface area contributed by atoms with Gasteiger partial charge in [0.05, 0.1) is 6.54 Å². The Kier molecular flexibility index (Phi) is 7.43. The molecule has 2 fully saturated rings. The van der Waals surface area contributed by atoms with E-state index in [1.54, 1.807) is 13.0 Å². The molecule has 6 nitrogen and oxygen atoms in total. The molecule has 1 amide bonds. The molecule has 0 aromatic heterocycles. The molecular weight excluding hydrogens is 438 g/mol. The number of aromatic hydroxyl groups is 2. The Bertz CT molecular complexity index is 1050. The van der Waals surface area contributed by atoms with E-state index in [4.69, 9.17) is 0 Å². The molecule has 4 N–H and O–H groups in total. The summed E-state index contributed by atoms with van der Waals surface area (Å²) in [5.41, 5.74) is 4.55. The molecule has 0 radical (unpaired) electrons. The van der Waals surface area contributed by atoms with Crippen molar-refractivity contribution in [1.29, 1.82) is 0 Å². The number of phenolic OH excluding ortho intramolecular Hbond substituents is 2. The Morgan fingerprint density at radius 3 is 2.46 bits per heavy atom. The molecule has 190 valence electrons. The van der Waals surface area contributed by atoms with E-state index in [-0.39, 0.29) is 28.9 Å². The van der Waals surface area contributed by atoms with E-state index < -0.39 is 0 Å². The third kappa shape index (κ3) is 5.05. The van der Waals surface area contributed by atoms with Gasteiger partial charge in [0.15, 0.2) is 0 Å². The highest BCUT2D eigenvalue weighted by Gasteiger charge is 2.47.